The van der Waals surface area contributed by atoms with E-state index < -0.39 is 68.1 Å². The van der Waals surface area contributed by atoms with Crippen LogP contribution in [0.4, 0.5) is 0 Å². The number of carbonyl (C=O) groups excluding carboxylic acids is 3. The number of primary amides is 1. The summed E-state index contributed by atoms with van der Waals surface area (Å²) in [6.07, 6.45) is 2.07. The first-order valence-electron chi connectivity index (χ1n) is 12.0. The van der Waals surface area contributed by atoms with E-state index in [1.54, 1.807) is 6.07 Å². The second-order valence-corrected chi connectivity index (χ2v) is 12.2. The topological polar surface area (TPSA) is 208 Å². The van der Waals surface area contributed by atoms with Crippen LogP contribution in [0.3, 0.4) is 0 Å². The molecular weight excluding hydrogens is 518 g/mol. The molecule has 12 nitrogen and oxygen atoms in total. The molecule has 1 amide bonds. The van der Waals surface area contributed by atoms with Crippen LogP contribution in [0.5, 0.6) is 5.75 Å². The predicted octanol–water partition coefficient (Wildman–Crippen LogP) is -0.554. The lowest BCUT2D eigenvalue weighted by molar-refractivity contribution is -0.153. The number of fused-ring (bicyclic) bond motifs is 3. The van der Waals surface area contributed by atoms with E-state index >= 15 is 0 Å². The number of ketones is 2. The highest BCUT2D eigenvalue weighted by Gasteiger charge is 2.64. The fourth-order valence-electron chi connectivity index (χ4n) is 6.08. The standard InChI is InChI=1S/C25H31N3O9S/c1-28(2)19-14-10-12-9-13-11(5-4-8-27-38(3,36)37)6-7-15(29)17(13)20(30)16(12)22(32)25(14,35)23(33)18(21(19)31)24(26)34/h6-7,12,14,19,27,29-30,33,35H,4-5,8-10H2,1-3H3,(H2,26,34)/t12-,14-,19-,25-/m0/s1. The summed E-state index contributed by atoms with van der Waals surface area (Å²) in [7, 11) is -0.293. The Kier molecular flexibility index (Phi) is 6.93. The Labute approximate surface area is 219 Å². The number of aliphatic hydroxyl groups is 3. The Balaban J connectivity index is 1.82. The number of nitrogens with one attached hydrogen (secondary N) is 1. The number of phenolic OH excluding ortho intramolecular Hbond substituents is 1. The van der Waals surface area contributed by atoms with Crippen LogP contribution in [0.2, 0.25) is 0 Å². The largest absolute Gasteiger partial charge is 0.508 e. The van der Waals surface area contributed by atoms with Gasteiger partial charge in [0.15, 0.2) is 11.4 Å². The Morgan fingerprint density at radius 2 is 1.87 bits per heavy atom. The van der Waals surface area contributed by atoms with Crippen molar-refractivity contribution in [2.24, 2.45) is 17.6 Å². The number of benzene rings is 1. The summed E-state index contributed by atoms with van der Waals surface area (Å²) in [5, 5.41) is 44.3. The highest BCUT2D eigenvalue weighted by Crippen LogP contribution is 2.52. The summed E-state index contributed by atoms with van der Waals surface area (Å²) >= 11 is 0. The van der Waals surface area contributed by atoms with E-state index in [0.717, 1.165) is 11.8 Å². The van der Waals surface area contributed by atoms with Crippen molar-refractivity contribution in [2.45, 2.75) is 37.3 Å². The van der Waals surface area contributed by atoms with E-state index in [4.69, 9.17) is 5.73 Å². The van der Waals surface area contributed by atoms with Crippen LogP contribution in [-0.4, -0.2) is 89.8 Å². The maximum Gasteiger partial charge on any atom is 0.255 e. The second kappa shape index (κ2) is 9.49. The molecule has 0 radical (unpaired) electrons. The van der Waals surface area contributed by atoms with Crippen molar-refractivity contribution in [3.8, 4) is 5.75 Å². The van der Waals surface area contributed by atoms with Gasteiger partial charge in [-0.25, -0.2) is 13.1 Å². The number of phenols is 1. The van der Waals surface area contributed by atoms with Gasteiger partial charge in [0, 0.05) is 18.0 Å². The second-order valence-electron chi connectivity index (χ2n) is 10.3. The van der Waals surface area contributed by atoms with Gasteiger partial charge in [0.2, 0.25) is 15.8 Å². The first-order chi connectivity index (χ1) is 17.6. The van der Waals surface area contributed by atoms with Crippen molar-refractivity contribution in [1.29, 1.82) is 0 Å². The van der Waals surface area contributed by atoms with Gasteiger partial charge in [-0.2, -0.15) is 0 Å². The maximum atomic E-state index is 13.8. The number of hydrogen-bond donors (Lipinski definition) is 6. The van der Waals surface area contributed by atoms with E-state index in [1.165, 1.54) is 25.1 Å². The fraction of sp³-hybridized carbons (Fsp3) is 0.480. The lowest BCUT2D eigenvalue weighted by Gasteiger charge is -2.50. The predicted molar refractivity (Wildman–Crippen MR) is 135 cm³/mol. The number of amides is 1. The molecule has 7 N–H and O–H groups in total. The molecular formula is C25H31N3O9S. The molecule has 0 saturated heterocycles. The number of nitrogens with two attached hydrogens (primary N) is 1. The van der Waals surface area contributed by atoms with E-state index in [-0.39, 0.29) is 36.3 Å². The van der Waals surface area contributed by atoms with Crippen LogP contribution in [-0.2, 0) is 37.2 Å². The third-order valence-corrected chi connectivity index (χ3v) is 8.42. The van der Waals surface area contributed by atoms with Crippen molar-refractivity contribution in [1.82, 2.24) is 9.62 Å². The third-order valence-electron chi connectivity index (χ3n) is 7.69. The van der Waals surface area contributed by atoms with Gasteiger partial charge < -0.3 is 26.2 Å². The van der Waals surface area contributed by atoms with E-state index in [9.17, 15) is 43.2 Å². The van der Waals surface area contributed by atoms with Crippen molar-refractivity contribution in [3.05, 3.63) is 45.7 Å². The van der Waals surface area contributed by atoms with Crippen molar-refractivity contribution in [3.63, 3.8) is 0 Å². The molecule has 4 atom stereocenters. The van der Waals surface area contributed by atoms with Gasteiger partial charge in [0.1, 0.15) is 22.8 Å². The fourth-order valence-corrected chi connectivity index (χ4v) is 6.59. The highest BCUT2D eigenvalue weighted by molar-refractivity contribution is 7.88. The molecule has 1 saturated carbocycles. The zero-order valence-electron chi connectivity index (χ0n) is 21.2. The first-order valence-corrected chi connectivity index (χ1v) is 13.9. The number of aliphatic hydroxyl groups excluding tert-OH is 2. The molecule has 206 valence electrons. The number of carbonyl (C=O) groups is 3. The normalized spacial score (nSPS) is 27.3. The molecule has 1 aromatic carbocycles. The van der Waals surface area contributed by atoms with Crippen LogP contribution >= 0.6 is 0 Å². The van der Waals surface area contributed by atoms with Gasteiger partial charge in [-0.1, -0.05) is 6.07 Å². The van der Waals surface area contributed by atoms with Gasteiger partial charge in [-0.05, 0) is 62.9 Å². The smallest absolute Gasteiger partial charge is 0.255 e. The summed E-state index contributed by atoms with van der Waals surface area (Å²) in [5.74, 6) is -6.99. The number of aromatic hydroxyl groups is 1. The summed E-state index contributed by atoms with van der Waals surface area (Å²) < 4.78 is 25.1. The minimum Gasteiger partial charge on any atom is -0.508 e. The van der Waals surface area contributed by atoms with Crippen LogP contribution in [0, 0.1) is 11.8 Å². The van der Waals surface area contributed by atoms with E-state index in [0.29, 0.717) is 18.4 Å². The number of Topliss-reactive ketones (excluding diaryl/α,β-unsaturated/α-hetero) is 2. The molecule has 3 aliphatic carbocycles. The van der Waals surface area contributed by atoms with Gasteiger partial charge >= 0.3 is 0 Å². The Bertz CT molecular complexity index is 1410. The van der Waals surface area contributed by atoms with Gasteiger partial charge in [0.05, 0.1) is 17.9 Å². The highest BCUT2D eigenvalue weighted by atomic mass is 32.2. The number of aryl methyl sites for hydroxylation is 1. The quantitative estimate of drug-likeness (QED) is 0.189. The number of sulfonamides is 1. The Morgan fingerprint density at radius 1 is 1.21 bits per heavy atom. The molecule has 1 aromatic rings. The van der Waals surface area contributed by atoms with Crippen LogP contribution < -0.4 is 10.5 Å². The molecule has 0 bridgehead atoms. The molecule has 0 heterocycles. The molecule has 4 rings (SSSR count). The average molecular weight is 550 g/mol. The van der Waals surface area contributed by atoms with Gasteiger partial charge in [0.25, 0.3) is 5.91 Å². The Hall–Kier alpha value is -3.26. The van der Waals surface area contributed by atoms with Crippen LogP contribution in [0.1, 0.15) is 29.5 Å². The zero-order chi connectivity index (χ0) is 28.3. The molecule has 13 heteroatoms. The SMILES string of the molecule is CN(C)[C@@H]1C(=O)C(C(N)=O)=C(O)[C@@]2(O)C(=O)C3=C(O)c4c(O)ccc(CCCNS(C)(=O)=O)c4C[C@H]3C[C@@H]12. The van der Waals surface area contributed by atoms with Crippen LogP contribution in [0.25, 0.3) is 5.76 Å². The molecule has 0 aromatic heterocycles. The zero-order valence-corrected chi connectivity index (χ0v) is 22.0. The molecule has 0 unspecified atom stereocenters. The minimum atomic E-state index is -3.36. The van der Waals surface area contributed by atoms with E-state index in [1.807, 2.05) is 0 Å². The molecule has 1 fully saturated rings. The van der Waals surface area contributed by atoms with Gasteiger partial charge in [-0.15, -0.1) is 0 Å². The van der Waals surface area contributed by atoms with Crippen LogP contribution in [0.15, 0.2) is 29.0 Å². The van der Waals surface area contributed by atoms with Crippen molar-refractivity contribution >= 4 is 33.3 Å². The Morgan fingerprint density at radius 3 is 2.45 bits per heavy atom. The molecule has 38 heavy (non-hydrogen) atoms. The maximum absolute atomic E-state index is 13.8. The molecule has 3 aliphatic rings. The molecule has 0 aliphatic heterocycles. The summed E-state index contributed by atoms with van der Waals surface area (Å²) in [4.78, 5) is 40.4. The lowest BCUT2D eigenvalue weighted by atomic mass is 9.57. The number of hydrogen-bond acceptors (Lipinski definition) is 10. The van der Waals surface area contributed by atoms with E-state index in [2.05, 4.69) is 4.72 Å². The monoisotopic (exact) mass is 549 g/mol. The first kappa shape index (κ1) is 27.8. The summed E-state index contributed by atoms with van der Waals surface area (Å²) in [6.45, 7) is 0.180. The van der Waals surface area contributed by atoms with Crippen molar-refractivity contribution in [2.75, 3.05) is 26.9 Å². The summed E-state index contributed by atoms with van der Waals surface area (Å²) in [6, 6.07) is 1.86. The third kappa shape index (κ3) is 4.28. The number of nitrogens with zero attached hydrogens (tertiary/aromatic N) is 1. The van der Waals surface area contributed by atoms with Gasteiger partial charge in [-0.3, -0.25) is 19.3 Å². The van der Waals surface area contributed by atoms with Crippen molar-refractivity contribution < 1.29 is 43.2 Å². The number of likely N-dealkylation sites (N-methyl/N-ethyl adjacent to an activating group) is 1. The molecule has 0 spiro atoms. The number of rotatable bonds is 7. The lowest BCUT2D eigenvalue weighted by Crippen LogP contribution is -2.65. The minimum absolute atomic E-state index is 0.00348. The average Bonchev–Trinajstić information content (AvgIpc) is 2.79. The summed E-state index contributed by atoms with van der Waals surface area (Å²) in [5.41, 5.74) is 2.86.